The van der Waals surface area contributed by atoms with Gasteiger partial charge in [-0.25, -0.2) is 4.98 Å². The molecular weight excluding hydrogens is 362 g/mol. The molecule has 1 amide bonds. The second-order valence-corrected chi connectivity index (χ2v) is 7.61. The summed E-state index contributed by atoms with van der Waals surface area (Å²) in [5.74, 6) is 0.639. The van der Waals surface area contributed by atoms with E-state index < -0.39 is 0 Å². The van der Waals surface area contributed by atoms with Gasteiger partial charge >= 0.3 is 0 Å². The van der Waals surface area contributed by atoms with E-state index in [9.17, 15) is 9.59 Å². The van der Waals surface area contributed by atoms with Crippen molar-refractivity contribution in [3.05, 3.63) is 57.5 Å². The number of benzene rings is 1. The molecule has 2 heterocycles. The second kappa shape index (κ2) is 8.35. The standard InChI is InChI=1S/C20H23N3O3S/c1-4-14(5-2)19(25)21-15-7-6-8-17(9-15)26-12-16-10-18(24)23-11-13(3)27-20(23)22-16/h6-11,14H,4-5,12H2,1-3H3,(H,21,25). The highest BCUT2D eigenvalue weighted by Gasteiger charge is 2.14. The molecule has 0 fully saturated rings. The summed E-state index contributed by atoms with van der Waals surface area (Å²) in [6, 6.07) is 8.73. The Morgan fingerprint density at radius 3 is 2.81 bits per heavy atom. The molecule has 0 spiro atoms. The van der Waals surface area contributed by atoms with Gasteiger partial charge in [-0.3, -0.25) is 14.0 Å². The lowest BCUT2D eigenvalue weighted by molar-refractivity contribution is -0.120. The van der Waals surface area contributed by atoms with Gasteiger partial charge < -0.3 is 10.1 Å². The Labute approximate surface area is 161 Å². The number of thiazole rings is 1. The summed E-state index contributed by atoms with van der Waals surface area (Å²) in [7, 11) is 0. The van der Waals surface area contributed by atoms with Crippen LogP contribution < -0.4 is 15.6 Å². The van der Waals surface area contributed by atoms with Gasteiger partial charge in [0.25, 0.3) is 5.56 Å². The number of nitrogens with zero attached hydrogens (tertiary/aromatic N) is 2. The Balaban J connectivity index is 1.70. The number of carbonyl (C=O) groups is 1. The van der Waals surface area contributed by atoms with Crippen molar-refractivity contribution in [2.24, 2.45) is 5.92 Å². The Morgan fingerprint density at radius 1 is 1.30 bits per heavy atom. The first-order valence-corrected chi connectivity index (χ1v) is 9.84. The van der Waals surface area contributed by atoms with E-state index in [4.69, 9.17) is 4.74 Å². The number of nitrogens with one attached hydrogen (secondary N) is 1. The minimum atomic E-state index is -0.117. The number of aromatic nitrogens is 2. The van der Waals surface area contributed by atoms with Crippen LogP contribution >= 0.6 is 11.3 Å². The van der Waals surface area contributed by atoms with Gasteiger partial charge in [-0.05, 0) is 31.9 Å². The first kappa shape index (κ1) is 19.1. The lowest BCUT2D eigenvalue weighted by Crippen LogP contribution is -2.21. The number of rotatable bonds is 7. The van der Waals surface area contributed by atoms with Gasteiger partial charge in [0.15, 0.2) is 4.96 Å². The molecule has 2 aromatic heterocycles. The number of amides is 1. The van der Waals surface area contributed by atoms with E-state index >= 15 is 0 Å². The van der Waals surface area contributed by atoms with Crippen LogP contribution in [0.5, 0.6) is 5.75 Å². The molecule has 0 aliphatic heterocycles. The predicted octanol–water partition coefficient (Wildman–Crippen LogP) is 4.02. The number of aryl methyl sites for hydroxylation is 1. The zero-order valence-electron chi connectivity index (χ0n) is 15.7. The summed E-state index contributed by atoms with van der Waals surface area (Å²) < 4.78 is 7.32. The number of hydrogen-bond donors (Lipinski definition) is 1. The van der Waals surface area contributed by atoms with Crippen LogP contribution in [0.1, 0.15) is 37.3 Å². The van der Waals surface area contributed by atoms with Crippen LogP contribution in [0.3, 0.4) is 0 Å². The van der Waals surface area contributed by atoms with Crippen LogP contribution in [0.25, 0.3) is 4.96 Å². The summed E-state index contributed by atoms with van der Waals surface area (Å²) in [4.78, 5) is 30.5. The van der Waals surface area contributed by atoms with Gasteiger partial charge in [-0.15, -0.1) is 11.3 Å². The zero-order chi connectivity index (χ0) is 19.4. The third-order valence-electron chi connectivity index (χ3n) is 4.38. The van der Waals surface area contributed by atoms with Crippen LogP contribution in [-0.2, 0) is 11.4 Å². The quantitative estimate of drug-likeness (QED) is 0.667. The van der Waals surface area contributed by atoms with Gasteiger partial charge in [0.2, 0.25) is 5.91 Å². The van der Waals surface area contributed by atoms with Crippen molar-refractivity contribution in [3.8, 4) is 5.75 Å². The monoisotopic (exact) mass is 385 g/mol. The lowest BCUT2D eigenvalue weighted by Gasteiger charge is -2.13. The van der Waals surface area contributed by atoms with Crippen molar-refractivity contribution in [2.75, 3.05) is 5.32 Å². The number of ether oxygens (including phenoxy) is 1. The summed E-state index contributed by atoms with van der Waals surface area (Å²) in [5.41, 5.74) is 1.16. The van der Waals surface area contributed by atoms with Crippen molar-refractivity contribution < 1.29 is 9.53 Å². The fourth-order valence-corrected chi connectivity index (χ4v) is 3.71. The Hall–Kier alpha value is -2.67. The zero-order valence-corrected chi connectivity index (χ0v) is 16.5. The maximum atomic E-state index is 12.2. The molecular formula is C20H23N3O3S. The van der Waals surface area contributed by atoms with Crippen molar-refractivity contribution in [1.29, 1.82) is 0 Å². The molecule has 6 nitrogen and oxygen atoms in total. The molecule has 0 bridgehead atoms. The number of fused-ring (bicyclic) bond motifs is 1. The van der Waals surface area contributed by atoms with Gasteiger partial charge in [-0.2, -0.15) is 0 Å². The second-order valence-electron chi connectivity index (χ2n) is 6.40. The van der Waals surface area contributed by atoms with Crippen molar-refractivity contribution in [2.45, 2.75) is 40.2 Å². The summed E-state index contributed by atoms with van der Waals surface area (Å²) >= 11 is 1.47. The maximum absolute atomic E-state index is 12.2. The Morgan fingerprint density at radius 2 is 2.07 bits per heavy atom. The summed E-state index contributed by atoms with van der Waals surface area (Å²) in [6.45, 7) is 6.15. The van der Waals surface area contributed by atoms with Crippen LogP contribution in [-0.4, -0.2) is 15.3 Å². The summed E-state index contributed by atoms with van der Waals surface area (Å²) in [5, 5.41) is 2.93. The van der Waals surface area contributed by atoms with Gasteiger partial charge in [-0.1, -0.05) is 19.9 Å². The van der Waals surface area contributed by atoms with E-state index in [1.807, 2.05) is 39.0 Å². The van der Waals surface area contributed by atoms with Crippen molar-refractivity contribution >= 4 is 27.9 Å². The molecule has 3 rings (SSSR count). The third-order valence-corrected chi connectivity index (χ3v) is 5.28. The number of carbonyl (C=O) groups excluding carboxylic acids is 1. The SMILES string of the molecule is CCC(CC)C(=O)Nc1cccc(OCc2cc(=O)n3cc(C)sc3n2)c1. The Kier molecular flexibility index (Phi) is 5.91. The van der Waals surface area contributed by atoms with E-state index in [0.717, 1.165) is 17.7 Å². The largest absolute Gasteiger partial charge is 0.487 e. The molecule has 0 aliphatic carbocycles. The van der Waals surface area contributed by atoms with Crippen LogP contribution in [0.15, 0.2) is 41.3 Å². The van der Waals surface area contributed by atoms with E-state index in [0.29, 0.717) is 22.1 Å². The highest BCUT2D eigenvalue weighted by Crippen LogP contribution is 2.20. The van der Waals surface area contributed by atoms with Crippen LogP contribution in [0, 0.1) is 12.8 Å². The normalized spacial score (nSPS) is 11.1. The number of anilines is 1. The highest BCUT2D eigenvalue weighted by molar-refractivity contribution is 7.16. The molecule has 1 N–H and O–H groups in total. The number of hydrogen-bond acceptors (Lipinski definition) is 5. The minimum absolute atomic E-state index is 0.00716. The molecule has 0 aliphatic rings. The Bertz CT molecular complexity index is 1010. The first-order chi connectivity index (χ1) is 13.0. The fraction of sp³-hybridized carbons (Fsp3) is 0.350. The van der Waals surface area contributed by atoms with Crippen molar-refractivity contribution in [1.82, 2.24) is 9.38 Å². The predicted molar refractivity (Wildman–Crippen MR) is 108 cm³/mol. The van der Waals surface area contributed by atoms with E-state index in [-0.39, 0.29) is 24.0 Å². The molecule has 0 saturated carbocycles. The lowest BCUT2D eigenvalue weighted by atomic mass is 10.0. The van der Waals surface area contributed by atoms with Crippen LogP contribution in [0.2, 0.25) is 0 Å². The topological polar surface area (TPSA) is 72.7 Å². The molecule has 27 heavy (non-hydrogen) atoms. The smallest absolute Gasteiger partial charge is 0.258 e. The van der Waals surface area contributed by atoms with Crippen LogP contribution in [0.4, 0.5) is 5.69 Å². The molecule has 0 saturated heterocycles. The van der Waals surface area contributed by atoms with E-state index in [2.05, 4.69) is 10.3 Å². The first-order valence-electron chi connectivity index (χ1n) is 9.02. The molecule has 0 radical (unpaired) electrons. The molecule has 3 aromatic rings. The molecule has 0 atom stereocenters. The van der Waals surface area contributed by atoms with E-state index in [1.54, 1.807) is 12.3 Å². The van der Waals surface area contributed by atoms with E-state index in [1.165, 1.54) is 21.8 Å². The highest BCUT2D eigenvalue weighted by atomic mass is 32.1. The third kappa shape index (κ3) is 4.54. The molecule has 142 valence electrons. The fourth-order valence-electron chi connectivity index (χ4n) is 2.86. The summed E-state index contributed by atoms with van der Waals surface area (Å²) in [6.07, 6.45) is 3.40. The van der Waals surface area contributed by atoms with Gasteiger partial charge in [0, 0.05) is 34.8 Å². The average Bonchev–Trinajstić information content (AvgIpc) is 3.02. The van der Waals surface area contributed by atoms with Crippen molar-refractivity contribution in [3.63, 3.8) is 0 Å². The average molecular weight is 385 g/mol. The van der Waals surface area contributed by atoms with Gasteiger partial charge in [0.05, 0.1) is 5.69 Å². The maximum Gasteiger partial charge on any atom is 0.258 e. The molecule has 7 heteroatoms. The minimum Gasteiger partial charge on any atom is -0.487 e. The molecule has 0 unspecified atom stereocenters. The molecule has 1 aromatic carbocycles. The van der Waals surface area contributed by atoms with Gasteiger partial charge in [0.1, 0.15) is 12.4 Å².